The Hall–Kier alpha value is -0.570. The minimum atomic E-state index is -1.11. The quantitative estimate of drug-likeness (QED) is 0.588. The van der Waals surface area contributed by atoms with Crippen LogP contribution in [0.2, 0.25) is 2.82 Å². The van der Waals surface area contributed by atoms with Crippen LogP contribution in [0.3, 0.4) is 0 Å². The molecule has 0 spiro atoms. The predicted molar refractivity (Wildman–Crippen MR) is 35.1 cm³/mol. The smallest absolute Gasteiger partial charge is 0.320 e. The average molecular weight is 135 g/mol. The first-order valence-corrected chi connectivity index (χ1v) is 2.95. The molecule has 0 aromatic heterocycles. The molecule has 9 heavy (non-hydrogen) atoms. The van der Waals surface area contributed by atoms with Gasteiger partial charge >= 0.3 is 5.97 Å². The van der Waals surface area contributed by atoms with Gasteiger partial charge in [0.15, 0.2) is 0 Å². The first-order valence-electron chi connectivity index (χ1n) is 3.84. The van der Waals surface area contributed by atoms with Crippen molar-refractivity contribution in [1.29, 1.82) is 0 Å². The fraction of sp³-hybridized carbons (Fsp3) is 0.833. The van der Waals surface area contributed by atoms with Crippen molar-refractivity contribution >= 4 is 5.97 Å². The first kappa shape index (κ1) is 5.23. The maximum atomic E-state index is 10.4. The molecule has 0 rings (SSSR count). The van der Waals surface area contributed by atoms with Gasteiger partial charge in [0.1, 0.15) is 8.87 Å². The van der Waals surface area contributed by atoms with E-state index in [0.29, 0.717) is 6.42 Å². The summed E-state index contributed by atoms with van der Waals surface area (Å²) in [6.45, 7) is 3.72. The van der Waals surface area contributed by atoms with Crippen LogP contribution in [0, 0.1) is 5.92 Å². The lowest BCUT2D eigenvalue weighted by molar-refractivity contribution is -0.138. The Balaban J connectivity index is 4.01. The largest absolute Gasteiger partial charge is 0.480 e. The van der Waals surface area contributed by atoms with Crippen LogP contribution in [0.25, 0.3) is 0 Å². The van der Waals surface area contributed by atoms with Gasteiger partial charge < -0.3 is 10.8 Å². The van der Waals surface area contributed by atoms with Gasteiger partial charge in [0.2, 0.25) is 0 Å². The summed E-state index contributed by atoms with van der Waals surface area (Å²) >= 11 is 0. The second kappa shape index (κ2) is 3.45. The van der Waals surface area contributed by atoms with Gasteiger partial charge in [0.05, 0.1) is 0 Å². The monoisotopic (exact) mass is 135 g/mol. The molecule has 1 atom stereocenters. The summed E-state index contributed by atoms with van der Waals surface area (Å²) in [5.74, 6) is -0.919. The lowest BCUT2D eigenvalue weighted by Gasteiger charge is -2.07. The Labute approximate surface area is 57.8 Å². The van der Waals surface area contributed by atoms with E-state index < -0.39 is 12.0 Å². The third-order valence-corrected chi connectivity index (χ3v) is 0.980. The average Bonchev–Trinajstić information content (AvgIpc) is 1.81. The van der Waals surface area contributed by atoms with E-state index in [9.17, 15) is 4.79 Å². The molecule has 3 heteroatoms. The Morgan fingerprint density at radius 3 is 2.56 bits per heavy atom. The molecule has 54 valence electrons. The molecule has 0 radical (unpaired) electrons. The predicted octanol–water partition coefficient (Wildman–Crippen LogP) is 0.444. The SMILES string of the molecule is [3H]N([3H])C(CC(C)C)C(=O)O. The van der Waals surface area contributed by atoms with Crippen LogP contribution in [0.15, 0.2) is 0 Å². The molecule has 0 aromatic carbocycles. The standard InChI is InChI=1S/C6H13NO2/c1-4(2)3-5(7)6(8)9/h4-5H,3,7H2,1-2H3,(H,8,9)/i/hT2. The summed E-state index contributed by atoms with van der Waals surface area (Å²) in [5.41, 5.74) is 0.238. The Bertz CT molecular complexity index is 139. The van der Waals surface area contributed by atoms with E-state index in [1.807, 2.05) is 13.8 Å². The molecule has 0 aliphatic heterocycles. The second-order valence-electron chi connectivity index (χ2n) is 2.48. The summed E-state index contributed by atoms with van der Waals surface area (Å²) < 4.78 is 13.6. The van der Waals surface area contributed by atoms with Crippen molar-refractivity contribution in [3.8, 4) is 0 Å². The van der Waals surface area contributed by atoms with Gasteiger partial charge in [-0.05, 0) is 12.3 Å². The van der Waals surface area contributed by atoms with E-state index in [0.717, 1.165) is 0 Å². The molecule has 0 aliphatic rings. The highest BCUT2D eigenvalue weighted by Crippen LogP contribution is 2.01. The lowest BCUT2D eigenvalue weighted by Crippen LogP contribution is -2.31. The van der Waals surface area contributed by atoms with Gasteiger partial charge in [-0.25, -0.2) is 0 Å². The molecule has 3 N–H and O–H groups in total. The zero-order valence-electron chi connectivity index (χ0n) is 7.66. The molecule has 1 unspecified atom stereocenters. The van der Waals surface area contributed by atoms with Crippen molar-refractivity contribution in [2.24, 2.45) is 11.6 Å². The van der Waals surface area contributed by atoms with E-state index in [1.54, 1.807) is 0 Å². The first-order chi connectivity index (χ1) is 4.95. The molecule has 0 saturated heterocycles. The third kappa shape index (κ3) is 3.97. The van der Waals surface area contributed by atoms with Gasteiger partial charge in [-0.3, -0.25) is 4.79 Å². The number of carbonyl (C=O) groups is 1. The van der Waals surface area contributed by atoms with Crippen LogP contribution >= 0.6 is 0 Å². The minimum absolute atomic E-state index is 0.189. The maximum Gasteiger partial charge on any atom is 0.320 e. The lowest BCUT2D eigenvalue weighted by atomic mass is 10.1. The van der Waals surface area contributed by atoms with Gasteiger partial charge in [0.25, 0.3) is 0 Å². The van der Waals surface area contributed by atoms with E-state index in [2.05, 4.69) is 0 Å². The molecule has 0 heterocycles. The van der Waals surface area contributed by atoms with Crippen LogP contribution < -0.4 is 5.72 Å². The number of hydrogen-bond donors (Lipinski definition) is 2. The highest BCUT2D eigenvalue weighted by atomic mass is 16.4. The van der Waals surface area contributed by atoms with E-state index >= 15 is 0 Å². The van der Waals surface area contributed by atoms with Crippen LogP contribution in [0.4, 0.5) is 0 Å². The zero-order valence-corrected chi connectivity index (χ0v) is 5.66. The summed E-state index contributed by atoms with van der Waals surface area (Å²) in [4.78, 5) is 10.4. The number of carboxylic acid groups (broad SMARTS) is 1. The molecule has 0 saturated carbocycles. The number of hydrogen-bond acceptors (Lipinski definition) is 2. The molecule has 0 fully saturated rings. The van der Waals surface area contributed by atoms with Crippen LogP contribution in [0.1, 0.15) is 20.3 Å². The highest BCUT2D eigenvalue weighted by Gasteiger charge is 2.11. The van der Waals surface area contributed by atoms with Crippen LogP contribution in [-0.2, 0) is 4.79 Å². The number of aliphatic carboxylic acids is 1. The Morgan fingerprint density at radius 1 is 1.89 bits per heavy atom. The molecule has 0 amide bonds. The van der Waals surface area contributed by atoms with E-state index in [-0.39, 0.29) is 11.6 Å². The highest BCUT2D eigenvalue weighted by molar-refractivity contribution is 5.72. The summed E-state index contributed by atoms with van der Waals surface area (Å²) in [5, 5.41) is 8.51. The van der Waals surface area contributed by atoms with Crippen molar-refractivity contribution < 1.29 is 12.7 Å². The van der Waals surface area contributed by atoms with Crippen molar-refractivity contribution in [1.82, 2.24) is 0 Å². The van der Waals surface area contributed by atoms with Crippen LogP contribution in [-0.4, -0.2) is 17.1 Å². The van der Waals surface area contributed by atoms with Gasteiger partial charge in [-0.15, -0.1) is 0 Å². The third-order valence-electron chi connectivity index (χ3n) is 0.980. The van der Waals surface area contributed by atoms with Crippen molar-refractivity contribution in [2.45, 2.75) is 26.3 Å². The van der Waals surface area contributed by atoms with Crippen LogP contribution in [0.5, 0.6) is 0 Å². The summed E-state index contributed by atoms with van der Waals surface area (Å²) in [6, 6.07) is -1.00. The fourth-order valence-electron chi connectivity index (χ4n) is 0.547. The molecule has 0 bridgehead atoms. The van der Waals surface area contributed by atoms with E-state index in [1.165, 1.54) is 0 Å². The minimum Gasteiger partial charge on any atom is -0.480 e. The number of rotatable bonds is 4. The van der Waals surface area contributed by atoms with Gasteiger partial charge in [-0.1, -0.05) is 13.8 Å². The maximum absolute atomic E-state index is 10.4. The fourth-order valence-corrected chi connectivity index (χ4v) is 0.547. The van der Waals surface area contributed by atoms with Crippen molar-refractivity contribution in [3.63, 3.8) is 0 Å². The number of carboxylic acids is 1. The second-order valence-corrected chi connectivity index (χ2v) is 2.48. The van der Waals surface area contributed by atoms with Gasteiger partial charge in [0, 0.05) is 0 Å². The molecular weight excluding hydrogens is 118 g/mol. The summed E-state index contributed by atoms with van der Waals surface area (Å²) in [7, 11) is 0. The van der Waals surface area contributed by atoms with Crippen molar-refractivity contribution in [2.75, 3.05) is 0 Å². The zero-order chi connectivity index (χ0) is 9.02. The summed E-state index contributed by atoms with van der Waals surface area (Å²) in [6.07, 6.45) is 0.336. The van der Waals surface area contributed by atoms with Crippen molar-refractivity contribution in [3.05, 3.63) is 0 Å². The number of nitrogens with two attached hydrogens (primary N) is 1. The molecular formula is C6H13NO2. The topological polar surface area (TPSA) is 63.3 Å². The van der Waals surface area contributed by atoms with Gasteiger partial charge in [-0.2, -0.15) is 0 Å². The Kier molecular flexibility index (Phi) is 2.01. The van der Waals surface area contributed by atoms with E-state index in [4.69, 9.17) is 7.93 Å². The molecule has 0 aromatic rings. The normalized spacial score (nSPS) is 17.3. The molecule has 3 nitrogen and oxygen atoms in total. The molecule has 0 aliphatic carbocycles. The Morgan fingerprint density at radius 2 is 2.44 bits per heavy atom.